The van der Waals surface area contributed by atoms with Gasteiger partial charge in [0.25, 0.3) is 0 Å². The van der Waals surface area contributed by atoms with E-state index in [9.17, 15) is 4.79 Å². The predicted octanol–water partition coefficient (Wildman–Crippen LogP) is 0.973. The molecule has 2 radical (unpaired) electrons. The minimum atomic E-state index is 0. The average molecular weight is 329 g/mol. The van der Waals surface area contributed by atoms with Gasteiger partial charge in [-0.05, 0) is 6.92 Å². The molecule has 52 valence electrons. The van der Waals surface area contributed by atoms with Gasteiger partial charge in [0.05, 0.1) is 0 Å². The van der Waals surface area contributed by atoms with Crippen molar-refractivity contribution in [3.63, 3.8) is 0 Å². The maximum absolute atomic E-state index is 10.6. The molecule has 0 atom stereocenters. The molecule has 1 aromatic carbocycles. The van der Waals surface area contributed by atoms with Crippen LogP contribution in [0.2, 0.25) is 0 Å². The van der Waals surface area contributed by atoms with E-state index < -0.39 is 0 Å². The summed E-state index contributed by atoms with van der Waals surface area (Å²) in [6.07, 6.45) is 0. The Balaban J connectivity index is 0.000000810. The first-order valence-electron chi connectivity index (χ1n) is 2.86. The summed E-state index contributed by atoms with van der Waals surface area (Å²) in [5, 5.41) is 0. The number of Topliss-reactive ketones (excluding diaryl/α,β-unsaturated/α-hetero) is 1. The Morgan fingerprint density at radius 3 is 2.00 bits per heavy atom. The van der Waals surface area contributed by atoms with Gasteiger partial charge in [-0.25, -0.2) is 0 Å². The van der Waals surface area contributed by atoms with E-state index in [-0.39, 0.29) is 33.1 Å². The fourth-order valence-electron chi connectivity index (χ4n) is 0.673. The number of carbonyl (C=O) groups excluding carboxylic acids is 1. The molecule has 0 aromatic heterocycles. The van der Waals surface area contributed by atoms with Crippen LogP contribution < -0.4 is 0 Å². The Hall–Kier alpha value is -0.188. The second-order valence-electron chi connectivity index (χ2n) is 1.92. The molecule has 0 unspecified atom stereocenters. The Bertz CT molecular complexity index is 206. The maximum atomic E-state index is 10.6. The summed E-state index contributed by atoms with van der Waals surface area (Å²) in [7, 11) is 0. The SMILES string of the molecule is CC(=O)c1ccccc1.[PbH2]. The Morgan fingerprint density at radius 2 is 1.70 bits per heavy atom. The van der Waals surface area contributed by atoms with Crippen molar-refractivity contribution in [3.05, 3.63) is 35.9 Å². The number of hydrogen-bond acceptors (Lipinski definition) is 1. The monoisotopic (exact) mass is 330 g/mol. The number of rotatable bonds is 1. The van der Waals surface area contributed by atoms with Gasteiger partial charge >= 0.3 is 27.3 Å². The molecule has 1 aromatic rings. The van der Waals surface area contributed by atoms with Crippen LogP contribution >= 0.6 is 0 Å². The molecule has 0 aliphatic carbocycles. The van der Waals surface area contributed by atoms with Crippen LogP contribution in [0.5, 0.6) is 0 Å². The molecule has 0 heterocycles. The van der Waals surface area contributed by atoms with Crippen LogP contribution in [0.3, 0.4) is 0 Å². The van der Waals surface area contributed by atoms with Gasteiger partial charge in [-0.3, -0.25) is 4.79 Å². The zero-order valence-electron chi connectivity index (χ0n) is 6.00. The van der Waals surface area contributed by atoms with Crippen molar-refractivity contribution >= 4 is 33.1 Å². The van der Waals surface area contributed by atoms with Crippen LogP contribution in [-0.4, -0.2) is 33.1 Å². The van der Waals surface area contributed by atoms with Gasteiger partial charge in [-0.2, -0.15) is 0 Å². The molecule has 0 saturated carbocycles. The van der Waals surface area contributed by atoms with E-state index in [0.29, 0.717) is 0 Å². The van der Waals surface area contributed by atoms with Gasteiger partial charge in [0.15, 0.2) is 5.78 Å². The zero-order chi connectivity index (χ0) is 6.69. The molecular weight excluding hydrogens is 319 g/mol. The molecule has 1 rings (SSSR count). The first-order chi connectivity index (χ1) is 4.30. The third-order valence-electron chi connectivity index (χ3n) is 1.18. The molecule has 0 bridgehead atoms. The standard InChI is InChI=1S/C8H8O.Pb.2H/c1-7(9)8-5-3-2-4-6-8;;;/h2-6H,1H3;;;. The van der Waals surface area contributed by atoms with E-state index in [4.69, 9.17) is 0 Å². The number of hydrogen-bond donors (Lipinski definition) is 0. The Morgan fingerprint density at radius 1 is 1.20 bits per heavy atom. The molecule has 1 nitrogen and oxygen atoms in total. The summed E-state index contributed by atoms with van der Waals surface area (Å²) in [5.41, 5.74) is 0.775. The summed E-state index contributed by atoms with van der Waals surface area (Å²) in [6, 6.07) is 9.23. The average Bonchev–Trinajstić information content (AvgIpc) is 1.90. The van der Waals surface area contributed by atoms with Gasteiger partial charge < -0.3 is 0 Å². The number of ketones is 1. The first-order valence-corrected chi connectivity index (χ1v) is 2.86. The van der Waals surface area contributed by atoms with Gasteiger partial charge in [-0.1, -0.05) is 30.3 Å². The fourth-order valence-corrected chi connectivity index (χ4v) is 0.673. The van der Waals surface area contributed by atoms with Crippen LogP contribution in [0.1, 0.15) is 17.3 Å². The van der Waals surface area contributed by atoms with E-state index >= 15 is 0 Å². The van der Waals surface area contributed by atoms with E-state index in [2.05, 4.69) is 0 Å². The van der Waals surface area contributed by atoms with Crippen molar-refractivity contribution in [2.24, 2.45) is 0 Å². The third kappa shape index (κ3) is 2.60. The molecule has 10 heavy (non-hydrogen) atoms. The molecular formula is C8H10OPb. The predicted molar refractivity (Wildman–Crippen MR) is 45.0 cm³/mol. The molecule has 0 aliphatic heterocycles. The van der Waals surface area contributed by atoms with Crippen molar-refractivity contribution in [2.75, 3.05) is 0 Å². The number of benzene rings is 1. The van der Waals surface area contributed by atoms with E-state index in [1.807, 2.05) is 30.3 Å². The first kappa shape index (κ1) is 9.81. The quantitative estimate of drug-likeness (QED) is 0.554. The van der Waals surface area contributed by atoms with Crippen molar-refractivity contribution in [3.8, 4) is 0 Å². The van der Waals surface area contributed by atoms with Crippen LogP contribution in [0, 0.1) is 0 Å². The van der Waals surface area contributed by atoms with Gasteiger partial charge in [-0.15, -0.1) is 0 Å². The van der Waals surface area contributed by atoms with Crippen molar-refractivity contribution in [2.45, 2.75) is 6.92 Å². The van der Waals surface area contributed by atoms with Crippen molar-refractivity contribution in [1.29, 1.82) is 0 Å². The molecule has 2 heteroatoms. The number of carbonyl (C=O) groups is 1. The summed E-state index contributed by atoms with van der Waals surface area (Å²) in [4.78, 5) is 10.6. The Labute approximate surface area is 80.6 Å². The van der Waals surface area contributed by atoms with Gasteiger partial charge in [0.2, 0.25) is 0 Å². The minimum absolute atomic E-state index is 0. The zero-order valence-corrected chi connectivity index (χ0v) is 11.5. The third-order valence-corrected chi connectivity index (χ3v) is 1.18. The molecule has 0 fully saturated rings. The summed E-state index contributed by atoms with van der Waals surface area (Å²) in [5.74, 6) is 0.121. The summed E-state index contributed by atoms with van der Waals surface area (Å²) < 4.78 is 0. The second kappa shape index (κ2) is 4.60. The van der Waals surface area contributed by atoms with Crippen molar-refractivity contribution < 1.29 is 4.79 Å². The van der Waals surface area contributed by atoms with Crippen LogP contribution in [0.4, 0.5) is 0 Å². The molecule has 0 amide bonds. The normalized spacial score (nSPS) is 8.10. The van der Waals surface area contributed by atoms with E-state index in [0.717, 1.165) is 5.56 Å². The van der Waals surface area contributed by atoms with Gasteiger partial charge in [0.1, 0.15) is 0 Å². The molecule has 0 N–H and O–H groups in total. The van der Waals surface area contributed by atoms with Gasteiger partial charge in [0, 0.05) is 5.56 Å². The van der Waals surface area contributed by atoms with Crippen molar-refractivity contribution in [1.82, 2.24) is 0 Å². The molecule has 0 spiro atoms. The van der Waals surface area contributed by atoms with E-state index in [1.54, 1.807) is 6.92 Å². The van der Waals surface area contributed by atoms with Crippen LogP contribution in [0.15, 0.2) is 30.3 Å². The van der Waals surface area contributed by atoms with Crippen LogP contribution in [-0.2, 0) is 0 Å². The molecule has 0 saturated heterocycles. The summed E-state index contributed by atoms with van der Waals surface area (Å²) >= 11 is 0. The van der Waals surface area contributed by atoms with E-state index in [1.165, 1.54) is 0 Å². The summed E-state index contributed by atoms with van der Waals surface area (Å²) in [6.45, 7) is 1.56. The topological polar surface area (TPSA) is 17.1 Å². The fraction of sp³-hybridized carbons (Fsp3) is 0.125. The molecule has 0 aliphatic rings. The van der Waals surface area contributed by atoms with Crippen LogP contribution in [0.25, 0.3) is 0 Å². The second-order valence-corrected chi connectivity index (χ2v) is 1.92. The Kier molecular flexibility index (Phi) is 4.51.